The van der Waals surface area contributed by atoms with Crippen LogP contribution in [0, 0.1) is 0 Å². The highest BCUT2D eigenvalue weighted by atomic mass is 32.1. The minimum Gasteiger partial charge on any atom is -0.339 e. The average Bonchev–Trinajstić information content (AvgIpc) is 2.02. The van der Waals surface area contributed by atoms with Gasteiger partial charge in [-0.1, -0.05) is 12.8 Å². The van der Waals surface area contributed by atoms with E-state index in [9.17, 15) is 4.79 Å². The molecule has 1 heterocycles. The van der Waals surface area contributed by atoms with Crippen molar-refractivity contribution in [1.29, 1.82) is 0 Å². The first kappa shape index (κ1) is 10.8. The van der Waals surface area contributed by atoms with Gasteiger partial charge in [0.15, 0.2) is 0 Å². The van der Waals surface area contributed by atoms with Gasteiger partial charge in [-0.2, -0.15) is 0 Å². The van der Waals surface area contributed by atoms with Gasteiger partial charge in [0.05, 0.1) is 6.54 Å². The van der Waals surface area contributed by atoms with Gasteiger partial charge < -0.3 is 9.80 Å². The Bertz CT molecular complexity index is 186. The molecule has 0 spiro atoms. The van der Waals surface area contributed by atoms with Crippen LogP contribution < -0.4 is 0 Å². The summed E-state index contributed by atoms with van der Waals surface area (Å²) in [6.45, 7) is 3.86. The van der Waals surface area contributed by atoms with Crippen LogP contribution in [0.4, 0.5) is 0 Å². The molecule has 13 heavy (non-hydrogen) atoms. The lowest BCUT2D eigenvalue weighted by atomic mass is 10.3. The molecule has 0 atom stereocenters. The number of thiol groups is 1. The van der Waals surface area contributed by atoms with Crippen LogP contribution in [-0.2, 0) is 4.79 Å². The molecule has 0 radical (unpaired) electrons. The van der Waals surface area contributed by atoms with Crippen molar-refractivity contribution < 1.29 is 4.79 Å². The van der Waals surface area contributed by atoms with E-state index in [1.54, 1.807) is 4.31 Å². The number of nitrogens with zero attached hydrogens (tertiary/aromatic N) is 3. The Morgan fingerprint density at radius 3 is 2.69 bits per heavy atom. The summed E-state index contributed by atoms with van der Waals surface area (Å²) >= 11 is 4.15. The van der Waals surface area contributed by atoms with Crippen molar-refractivity contribution in [3.63, 3.8) is 0 Å². The van der Waals surface area contributed by atoms with Gasteiger partial charge >= 0.3 is 0 Å². The van der Waals surface area contributed by atoms with E-state index in [0.717, 1.165) is 26.2 Å². The molecule has 1 aliphatic rings. The van der Waals surface area contributed by atoms with Crippen molar-refractivity contribution in [3.8, 4) is 0 Å². The summed E-state index contributed by atoms with van der Waals surface area (Å²) in [7, 11) is 4.03. The van der Waals surface area contributed by atoms with Gasteiger partial charge in [0, 0.05) is 26.2 Å². The summed E-state index contributed by atoms with van der Waals surface area (Å²) < 4.78 is 1.76. The van der Waals surface area contributed by atoms with Crippen LogP contribution in [0.15, 0.2) is 0 Å². The predicted octanol–water partition coefficient (Wildman–Crippen LogP) is -0.463. The van der Waals surface area contributed by atoms with E-state index < -0.39 is 0 Å². The monoisotopic (exact) mass is 203 g/mol. The predicted molar refractivity (Wildman–Crippen MR) is 55.7 cm³/mol. The number of amides is 1. The van der Waals surface area contributed by atoms with Gasteiger partial charge in [-0.25, -0.2) is 4.31 Å². The van der Waals surface area contributed by atoms with Crippen LogP contribution in [0.2, 0.25) is 0 Å². The summed E-state index contributed by atoms with van der Waals surface area (Å²) in [5.41, 5.74) is 0. The molecule has 0 aromatic heterocycles. The minimum atomic E-state index is 0.183. The van der Waals surface area contributed by atoms with Crippen LogP contribution >= 0.6 is 12.8 Å². The molecule has 0 N–H and O–H groups in total. The third-order valence-electron chi connectivity index (χ3n) is 2.12. The number of carbonyl (C=O) groups is 1. The Hall–Kier alpha value is -0.260. The van der Waals surface area contributed by atoms with E-state index >= 15 is 0 Å². The fraction of sp³-hybridized carbons (Fsp3) is 0.875. The molecule has 5 heteroatoms. The van der Waals surface area contributed by atoms with Gasteiger partial charge in [0.25, 0.3) is 0 Å². The number of hydrogen-bond donors (Lipinski definition) is 1. The quantitative estimate of drug-likeness (QED) is 0.629. The van der Waals surface area contributed by atoms with E-state index in [1.165, 1.54) is 0 Å². The maximum Gasteiger partial charge on any atom is 0.237 e. The molecule has 0 aromatic carbocycles. The molecule has 0 saturated carbocycles. The lowest BCUT2D eigenvalue weighted by Crippen LogP contribution is -2.48. The highest BCUT2D eigenvalue weighted by molar-refractivity contribution is 7.77. The number of likely N-dealkylation sites (N-methyl/N-ethyl adjacent to an activating group) is 1. The zero-order valence-corrected chi connectivity index (χ0v) is 9.13. The molecule has 1 saturated heterocycles. The highest BCUT2D eigenvalue weighted by Crippen LogP contribution is 2.04. The molecule has 0 aliphatic carbocycles. The molecule has 1 rings (SSSR count). The smallest absolute Gasteiger partial charge is 0.237 e. The summed E-state index contributed by atoms with van der Waals surface area (Å²) in [6.07, 6.45) is 0. The summed E-state index contributed by atoms with van der Waals surface area (Å²) in [6, 6.07) is 0. The van der Waals surface area contributed by atoms with Crippen LogP contribution in [0.1, 0.15) is 0 Å². The first-order valence-corrected chi connectivity index (χ1v) is 4.86. The lowest BCUT2D eigenvalue weighted by molar-refractivity contribution is -0.133. The third-order valence-corrected chi connectivity index (χ3v) is 2.46. The van der Waals surface area contributed by atoms with Crippen molar-refractivity contribution >= 4 is 18.7 Å². The van der Waals surface area contributed by atoms with Crippen LogP contribution in [0.3, 0.4) is 0 Å². The fourth-order valence-corrected chi connectivity index (χ4v) is 1.46. The van der Waals surface area contributed by atoms with E-state index in [2.05, 4.69) is 17.7 Å². The maximum atomic E-state index is 11.4. The molecular formula is C8H17N3OS. The molecule has 1 amide bonds. The second kappa shape index (κ2) is 4.83. The second-order valence-corrected chi connectivity index (χ2v) is 4.14. The number of hydrogen-bond acceptors (Lipinski definition) is 4. The molecule has 0 bridgehead atoms. The molecule has 0 aromatic rings. The van der Waals surface area contributed by atoms with E-state index in [0.29, 0.717) is 6.54 Å². The summed E-state index contributed by atoms with van der Waals surface area (Å²) in [5, 5.41) is 0. The highest BCUT2D eigenvalue weighted by Gasteiger charge is 2.21. The number of rotatable bonds is 3. The first-order chi connectivity index (χ1) is 6.09. The first-order valence-electron chi connectivity index (χ1n) is 4.46. The van der Waals surface area contributed by atoms with E-state index in [4.69, 9.17) is 0 Å². The largest absolute Gasteiger partial charge is 0.339 e. The summed E-state index contributed by atoms with van der Waals surface area (Å²) in [5.74, 6) is 0.183. The van der Waals surface area contributed by atoms with Crippen LogP contribution in [-0.4, -0.2) is 66.8 Å². The molecule has 1 fully saturated rings. The van der Waals surface area contributed by atoms with Crippen molar-refractivity contribution in [2.75, 3.05) is 46.8 Å². The van der Waals surface area contributed by atoms with Crippen molar-refractivity contribution in [3.05, 3.63) is 0 Å². The van der Waals surface area contributed by atoms with Crippen molar-refractivity contribution in [1.82, 2.24) is 14.1 Å². The Balaban J connectivity index is 2.30. The minimum absolute atomic E-state index is 0.183. The lowest BCUT2D eigenvalue weighted by Gasteiger charge is -2.32. The topological polar surface area (TPSA) is 26.8 Å². The Labute approximate surface area is 85.0 Å². The number of piperazine rings is 1. The fourth-order valence-electron chi connectivity index (χ4n) is 1.25. The van der Waals surface area contributed by atoms with Crippen LogP contribution in [0.5, 0.6) is 0 Å². The average molecular weight is 203 g/mol. The molecule has 76 valence electrons. The SMILES string of the molecule is CN(C)CCN1CCN(S)CC1=O. The third kappa shape index (κ3) is 3.54. The van der Waals surface area contributed by atoms with Gasteiger partial charge in [-0.15, -0.1) is 0 Å². The van der Waals surface area contributed by atoms with E-state index in [-0.39, 0.29) is 5.91 Å². The normalized spacial score (nSPS) is 20.0. The molecule has 1 aliphatic heterocycles. The van der Waals surface area contributed by atoms with Gasteiger partial charge in [-0.05, 0) is 14.1 Å². The maximum absolute atomic E-state index is 11.4. The van der Waals surface area contributed by atoms with Gasteiger partial charge in [0.2, 0.25) is 5.91 Å². The van der Waals surface area contributed by atoms with Gasteiger partial charge in [0.1, 0.15) is 0 Å². The Kier molecular flexibility index (Phi) is 4.02. The molecule has 0 unspecified atom stereocenters. The van der Waals surface area contributed by atoms with Crippen LogP contribution in [0.25, 0.3) is 0 Å². The standard InChI is InChI=1S/C8H17N3OS/c1-9(2)3-4-10-5-6-11(13)7-8(10)12/h13H,3-7H2,1-2H3. The zero-order valence-electron chi connectivity index (χ0n) is 8.23. The van der Waals surface area contributed by atoms with Crippen molar-refractivity contribution in [2.45, 2.75) is 0 Å². The van der Waals surface area contributed by atoms with Gasteiger partial charge in [-0.3, -0.25) is 4.79 Å². The number of carbonyl (C=O) groups excluding carboxylic acids is 1. The zero-order chi connectivity index (χ0) is 9.84. The van der Waals surface area contributed by atoms with Crippen molar-refractivity contribution in [2.24, 2.45) is 0 Å². The molecule has 4 nitrogen and oxygen atoms in total. The van der Waals surface area contributed by atoms with E-state index in [1.807, 2.05) is 19.0 Å². The Morgan fingerprint density at radius 2 is 2.15 bits per heavy atom. The Morgan fingerprint density at radius 1 is 1.46 bits per heavy atom. The second-order valence-electron chi connectivity index (χ2n) is 3.57. The molecular weight excluding hydrogens is 186 g/mol. The summed E-state index contributed by atoms with van der Waals surface area (Å²) in [4.78, 5) is 15.4.